The number of nitrogens with one attached hydrogen (secondary N) is 1. The molecule has 1 fully saturated rings. The first kappa shape index (κ1) is 12.1. The maximum atomic E-state index is 11.8. The van der Waals surface area contributed by atoms with Crippen LogP contribution < -0.4 is 10.2 Å². The molecule has 1 heterocycles. The number of rotatable bonds is 2. The van der Waals surface area contributed by atoms with E-state index in [-0.39, 0.29) is 24.2 Å². The van der Waals surface area contributed by atoms with Crippen LogP contribution in [0.1, 0.15) is 6.42 Å². The monoisotopic (exact) mass is 296 g/mol. The third-order valence-corrected chi connectivity index (χ3v) is 3.36. The molecule has 90 valence electrons. The van der Waals surface area contributed by atoms with Gasteiger partial charge in [-0.05, 0) is 18.2 Å². The molecule has 4 nitrogen and oxygen atoms in total. The van der Waals surface area contributed by atoms with Crippen LogP contribution in [-0.4, -0.2) is 25.4 Å². The molecule has 1 aromatic rings. The molecule has 0 aromatic heterocycles. The van der Waals surface area contributed by atoms with Gasteiger partial charge in [0.25, 0.3) is 0 Å². The van der Waals surface area contributed by atoms with Gasteiger partial charge in [-0.15, -0.1) is 0 Å². The van der Waals surface area contributed by atoms with E-state index >= 15 is 0 Å². The van der Waals surface area contributed by atoms with E-state index < -0.39 is 0 Å². The van der Waals surface area contributed by atoms with Gasteiger partial charge in [-0.2, -0.15) is 0 Å². The molecule has 1 aliphatic rings. The minimum atomic E-state index is -0.244. The van der Waals surface area contributed by atoms with Crippen LogP contribution >= 0.6 is 15.9 Å². The van der Waals surface area contributed by atoms with E-state index in [1.165, 1.54) is 0 Å². The summed E-state index contributed by atoms with van der Waals surface area (Å²) in [5.74, 6) is -0.320. The second-order valence-electron chi connectivity index (χ2n) is 4.00. The fourth-order valence-corrected chi connectivity index (χ4v) is 2.37. The first-order chi connectivity index (χ1) is 8.11. The Morgan fingerprint density at radius 1 is 1.53 bits per heavy atom. The topological polar surface area (TPSA) is 49.4 Å². The number of benzene rings is 1. The largest absolute Gasteiger partial charge is 0.359 e. The Morgan fingerprint density at radius 3 is 2.94 bits per heavy atom. The smallest absolute Gasteiger partial charge is 0.227 e. The lowest BCUT2D eigenvalue weighted by molar-refractivity contribution is -0.125. The quantitative estimate of drug-likeness (QED) is 0.900. The normalized spacial score (nSPS) is 19.5. The summed E-state index contributed by atoms with van der Waals surface area (Å²) in [4.78, 5) is 25.0. The van der Waals surface area contributed by atoms with Crippen molar-refractivity contribution in [3.05, 3.63) is 28.7 Å². The van der Waals surface area contributed by atoms with Crippen LogP contribution in [0.5, 0.6) is 0 Å². The van der Waals surface area contributed by atoms with Gasteiger partial charge in [-0.3, -0.25) is 9.59 Å². The molecule has 2 rings (SSSR count). The Kier molecular flexibility index (Phi) is 3.47. The lowest BCUT2D eigenvalue weighted by Gasteiger charge is -2.16. The van der Waals surface area contributed by atoms with Crippen molar-refractivity contribution in [2.75, 3.05) is 18.5 Å². The number of amides is 2. The van der Waals surface area contributed by atoms with Gasteiger partial charge in [0.05, 0.1) is 5.92 Å². The SMILES string of the molecule is CNC(=O)[C@@H]1CC(=O)N(c2cccc(Br)c2)C1. The van der Waals surface area contributed by atoms with Gasteiger partial charge < -0.3 is 10.2 Å². The van der Waals surface area contributed by atoms with Gasteiger partial charge in [-0.25, -0.2) is 0 Å². The van der Waals surface area contributed by atoms with Gasteiger partial charge in [0.1, 0.15) is 0 Å². The average Bonchev–Trinajstić information content (AvgIpc) is 2.70. The van der Waals surface area contributed by atoms with Crippen LogP contribution in [0.25, 0.3) is 0 Å². The van der Waals surface area contributed by atoms with Crippen LogP contribution in [0.15, 0.2) is 28.7 Å². The summed E-state index contributed by atoms with van der Waals surface area (Å²) in [6.07, 6.45) is 0.284. The Bertz CT molecular complexity index is 462. The van der Waals surface area contributed by atoms with Gasteiger partial charge in [-0.1, -0.05) is 22.0 Å². The van der Waals surface area contributed by atoms with Crippen molar-refractivity contribution in [2.45, 2.75) is 6.42 Å². The van der Waals surface area contributed by atoms with Crippen LogP contribution in [0.2, 0.25) is 0 Å². The zero-order chi connectivity index (χ0) is 12.4. The van der Waals surface area contributed by atoms with E-state index in [9.17, 15) is 9.59 Å². The first-order valence-corrected chi connectivity index (χ1v) is 6.18. The van der Waals surface area contributed by atoms with E-state index in [4.69, 9.17) is 0 Å². The maximum absolute atomic E-state index is 11.8. The highest BCUT2D eigenvalue weighted by Gasteiger charge is 2.34. The zero-order valence-corrected chi connectivity index (χ0v) is 11.0. The van der Waals surface area contributed by atoms with Gasteiger partial charge in [0, 0.05) is 30.2 Å². The third-order valence-electron chi connectivity index (χ3n) is 2.86. The fraction of sp³-hybridized carbons (Fsp3) is 0.333. The Hall–Kier alpha value is -1.36. The number of nitrogens with zero attached hydrogens (tertiary/aromatic N) is 1. The van der Waals surface area contributed by atoms with Crippen LogP contribution in [0.4, 0.5) is 5.69 Å². The van der Waals surface area contributed by atoms with Crippen LogP contribution in [0.3, 0.4) is 0 Å². The molecule has 0 radical (unpaired) electrons. The average molecular weight is 297 g/mol. The lowest BCUT2D eigenvalue weighted by Crippen LogP contribution is -2.30. The molecule has 17 heavy (non-hydrogen) atoms. The minimum Gasteiger partial charge on any atom is -0.359 e. The molecular formula is C12H13BrN2O2. The molecule has 0 saturated carbocycles. The van der Waals surface area contributed by atoms with E-state index in [1.807, 2.05) is 24.3 Å². The standard InChI is InChI=1S/C12H13BrN2O2/c1-14-12(17)8-5-11(16)15(7-8)10-4-2-3-9(13)6-10/h2-4,6,8H,5,7H2,1H3,(H,14,17)/t8-/m1/s1. The van der Waals surface area contributed by atoms with E-state index in [2.05, 4.69) is 21.2 Å². The van der Waals surface area contributed by atoms with Crippen molar-refractivity contribution in [2.24, 2.45) is 5.92 Å². The molecule has 1 aromatic carbocycles. The first-order valence-electron chi connectivity index (χ1n) is 5.39. The summed E-state index contributed by atoms with van der Waals surface area (Å²) in [5, 5.41) is 2.58. The molecule has 1 N–H and O–H groups in total. The molecule has 0 spiro atoms. The molecule has 1 atom stereocenters. The van der Waals surface area contributed by atoms with Gasteiger partial charge >= 0.3 is 0 Å². The van der Waals surface area contributed by atoms with Gasteiger partial charge in [0.15, 0.2) is 0 Å². The van der Waals surface area contributed by atoms with Crippen LogP contribution in [-0.2, 0) is 9.59 Å². The summed E-state index contributed by atoms with van der Waals surface area (Å²) in [5.41, 5.74) is 0.829. The van der Waals surface area contributed by atoms with Crippen LogP contribution in [0, 0.1) is 5.92 Å². The molecule has 2 amide bonds. The van der Waals surface area contributed by atoms with Crippen molar-refractivity contribution in [1.82, 2.24) is 5.32 Å². The summed E-state index contributed by atoms with van der Waals surface area (Å²) in [6, 6.07) is 7.53. The molecular weight excluding hydrogens is 284 g/mol. The van der Waals surface area contributed by atoms with Gasteiger partial charge in [0.2, 0.25) is 11.8 Å². The molecule has 1 saturated heterocycles. The summed E-state index contributed by atoms with van der Waals surface area (Å²) < 4.78 is 0.922. The second-order valence-corrected chi connectivity index (χ2v) is 4.92. The van der Waals surface area contributed by atoms with Crippen molar-refractivity contribution >= 4 is 33.4 Å². The Balaban J connectivity index is 2.18. The van der Waals surface area contributed by atoms with Crippen molar-refractivity contribution in [3.63, 3.8) is 0 Å². The van der Waals surface area contributed by atoms with E-state index in [1.54, 1.807) is 11.9 Å². The molecule has 0 aliphatic carbocycles. The highest BCUT2D eigenvalue weighted by Crippen LogP contribution is 2.27. The lowest BCUT2D eigenvalue weighted by atomic mass is 10.1. The van der Waals surface area contributed by atoms with E-state index in [0.717, 1.165) is 10.2 Å². The highest BCUT2D eigenvalue weighted by atomic mass is 79.9. The van der Waals surface area contributed by atoms with Crippen molar-refractivity contribution in [1.29, 1.82) is 0 Å². The fourth-order valence-electron chi connectivity index (χ4n) is 1.98. The van der Waals surface area contributed by atoms with E-state index in [0.29, 0.717) is 6.54 Å². The number of carbonyl (C=O) groups is 2. The number of halogens is 1. The number of hydrogen-bond donors (Lipinski definition) is 1. The number of carbonyl (C=O) groups excluding carboxylic acids is 2. The van der Waals surface area contributed by atoms with Crippen molar-refractivity contribution in [3.8, 4) is 0 Å². The predicted octanol–water partition coefficient (Wildman–Crippen LogP) is 1.55. The highest BCUT2D eigenvalue weighted by molar-refractivity contribution is 9.10. The Labute approximate surface area is 108 Å². The molecule has 5 heteroatoms. The Morgan fingerprint density at radius 2 is 2.29 bits per heavy atom. The molecule has 0 bridgehead atoms. The zero-order valence-electron chi connectivity index (χ0n) is 9.44. The summed E-state index contributed by atoms with van der Waals surface area (Å²) in [6.45, 7) is 0.453. The molecule has 0 unspecified atom stereocenters. The number of hydrogen-bond acceptors (Lipinski definition) is 2. The third kappa shape index (κ3) is 2.49. The summed E-state index contributed by atoms with van der Waals surface area (Å²) in [7, 11) is 1.59. The summed E-state index contributed by atoms with van der Waals surface area (Å²) >= 11 is 3.37. The van der Waals surface area contributed by atoms with Crippen molar-refractivity contribution < 1.29 is 9.59 Å². The minimum absolute atomic E-state index is 0.00306. The predicted molar refractivity (Wildman–Crippen MR) is 68.7 cm³/mol. The molecule has 1 aliphatic heterocycles. The maximum Gasteiger partial charge on any atom is 0.227 e. The second kappa shape index (κ2) is 4.87. The number of anilines is 1.